The molecule has 1 aromatic carbocycles. The van der Waals surface area contributed by atoms with Gasteiger partial charge in [0.2, 0.25) is 17.8 Å². The number of aromatic nitrogens is 3. The Morgan fingerprint density at radius 1 is 1.22 bits per heavy atom. The number of carboxylic acid groups (broad SMARTS) is 1. The number of hydrogen-bond donors (Lipinski definition) is 5. The van der Waals surface area contributed by atoms with Gasteiger partial charge in [-0.3, -0.25) is 8.76 Å². The molecule has 1 unspecified atom stereocenters. The lowest BCUT2D eigenvalue weighted by molar-refractivity contribution is 0.0697. The molecule has 1 atom stereocenters. The number of aromatic carboxylic acids is 1. The fraction of sp³-hybridized carbons (Fsp3) is 0.444. The van der Waals surface area contributed by atoms with Crippen molar-refractivity contribution in [1.82, 2.24) is 19.7 Å². The monoisotopic (exact) mass is 546 g/mol. The number of nitrogens with zero attached hydrogens (tertiary/aromatic N) is 5. The van der Waals surface area contributed by atoms with Crippen molar-refractivity contribution >= 4 is 50.9 Å². The second kappa shape index (κ2) is 12.3. The Bertz CT molecular complexity index is 1210. The van der Waals surface area contributed by atoms with E-state index in [0.717, 1.165) is 18.2 Å². The molecule has 2 aromatic rings. The molecule has 1 saturated heterocycles. The summed E-state index contributed by atoms with van der Waals surface area (Å²) in [5.74, 6) is -1.29. The highest BCUT2D eigenvalue weighted by Gasteiger charge is 2.22. The number of benzene rings is 1. The second-order valence-corrected chi connectivity index (χ2v) is 9.49. The summed E-state index contributed by atoms with van der Waals surface area (Å²) in [5.41, 5.74) is -0.522. The Morgan fingerprint density at radius 3 is 2.56 bits per heavy atom. The van der Waals surface area contributed by atoms with E-state index in [-0.39, 0.29) is 55.3 Å². The molecule has 2 heterocycles. The molecule has 16 nitrogen and oxygen atoms in total. The fourth-order valence-corrected chi connectivity index (χ4v) is 4.01. The van der Waals surface area contributed by atoms with Gasteiger partial charge in [-0.2, -0.15) is 23.4 Å². The zero-order valence-corrected chi connectivity index (χ0v) is 20.4. The Kier molecular flexibility index (Phi) is 9.43. The van der Waals surface area contributed by atoms with Gasteiger partial charge in [-0.25, -0.2) is 9.52 Å². The van der Waals surface area contributed by atoms with Gasteiger partial charge in [-0.15, -0.1) is 0 Å². The number of ether oxygens (including phenoxy) is 1. The van der Waals surface area contributed by atoms with Gasteiger partial charge in [-0.05, 0) is 18.2 Å². The average Bonchev–Trinajstić information content (AvgIpc) is 2.83. The molecule has 36 heavy (non-hydrogen) atoms. The third kappa shape index (κ3) is 7.50. The highest BCUT2D eigenvalue weighted by molar-refractivity contribution is 7.85. The van der Waals surface area contributed by atoms with Crippen molar-refractivity contribution in [3.8, 4) is 0 Å². The van der Waals surface area contributed by atoms with Crippen molar-refractivity contribution in [1.29, 1.82) is 0 Å². The van der Waals surface area contributed by atoms with Crippen molar-refractivity contribution in [2.24, 2.45) is 0 Å². The molecule has 0 radical (unpaired) electrons. The molecule has 3 rings (SSSR count). The van der Waals surface area contributed by atoms with Crippen LogP contribution in [0.5, 0.6) is 0 Å². The van der Waals surface area contributed by atoms with E-state index in [0.29, 0.717) is 26.3 Å². The Balaban J connectivity index is 2.04. The van der Waals surface area contributed by atoms with E-state index >= 15 is 0 Å². The predicted molar refractivity (Wildman–Crippen MR) is 126 cm³/mol. The minimum Gasteiger partial charge on any atom is -0.760 e. The summed E-state index contributed by atoms with van der Waals surface area (Å²) in [4.78, 5) is 27.4. The first kappa shape index (κ1) is 27.6. The van der Waals surface area contributed by atoms with Crippen LogP contribution in [-0.4, -0.2) is 105 Å². The number of aliphatic hydroxyl groups is 1. The van der Waals surface area contributed by atoms with Gasteiger partial charge < -0.3 is 34.6 Å². The van der Waals surface area contributed by atoms with Gasteiger partial charge in [0, 0.05) is 44.0 Å². The number of morpholine rings is 1. The van der Waals surface area contributed by atoms with Crippen LogP contribution < -0.4 is 19.8 Å². The van der Waals surface area contributed by atoms with Crippen LogP contribution >= 0.6 is 0 Å². The van der Waals surface area contributed by atoms with Crippen molar-refractivity contribution in [3.63, 3.8) is 0 Å². The van der Waals surface area contributed by atoms with Gasteiger partial charge in [-0.1, -0.05) is 0 Å². The number of nitrogens with one attached hydrogen (secondary N) is 2. The van der Waals surface area contributed by atoms with Crippen LogP contribution in [0.25, 0.3) is 0 Å². The average molecular weight is 547 g/mol. The fourth-order valence-electron chi connectivity index (χ4n) is 3.25. The molecule has 1 fully saturated rings. The molecule has 1 aromatic heterocycles. The maximum absolute atomic E-state index is 11.7. The van der Waals surface area contributed by atoms with E-state index in [1.54, 1.807) is 4.90 Å². The van der Waals surface area contributed by atoms with Crippen molar-refractivity contribution in [2.45, 2.75) is 4.90 Å². The Morgan fingerprint density at radius 2 is 1.94 bits per heavy atom. The zero-order valence-electron chi connectivity index (χ0n) is 18.7. The molecule has 0 aliphatic carbocycles. The summed E-state index contributed by atoms with van der Waals surface area (Å²) < 4.78 is 61.7. The van der Waals surface area contributed by atoms with Crippen molar-refractivity contribution in [3.05, 3.63) is 23.8 Å². The maximum Gasteiger partial charge on any atom is 0.337 e. The van der Waals surface area contributed by atoms with Crippen LogP contribution in [0.1, 0.15) is 10.4 Å². The quantitative estimate of drug-likeness (QED) is 0.152. The number of anilines is 4. The SMILES string of the molecule is O=C(O)c1ccc(S(=O)(=O)O)cc1Nc1nc(N(CCO)CCNS(=O)[O-])nc(N2CCOCC2)n1. The molecule has 1 aliphatic rings. The third-order valence-corrected chi connectivity index (χ3v) is 6.22. The highest BCUT2D eigenvalue weighted by atomic mass is 32.2. The van der Waals surface area contributed by atoms with Crippen LogP contribution in [0.15, 0.2) is 23.1 Å². The van der Waals surface area contributed by atoms with Crippen LogP contribution in [-0.2, 0) is 26.1 Å². The molecule has 0 spiro atoms. The summed E-state index contributed by atoms with van der Waals surface area (Å²) in [6.07, 6.45) is 0. The van der Waals surface area contributed by atoms with Crippen molar-refractivity contribution in [2.75, 3.05) is 67.7 Å². The molecule has 0 saturated carbocycles. The second-order valence-electron chi connectivity index (χ2n) is 7.31. The van der Waals surface area contributed by atoms with E-state index in [2.05, 4.69) is 25.0 Å². The first-order valence-corrected chi connectivity index (χ1v) is 13.0. The normalized spacial score (nSPS) is 14.9. The van der Waals surface area contributed by atoms with Crippen LogP contribution in [0, 0.1) is 0 Å². The summed E-state index contributed by atoms with van der Waals surface area (Å²) in [6.45, 7) is 1.50. The zero-order chi connectivity index (χ0) is 26.3. The van der Waals surface area contributed by atoms with E-state index in [1.807, 2.05) is 0 Å². The standard InChI is InChI=1S/C18H25N7O9S2/c26-8-5-24(4-3-19-35(29)30)17-21-16(22-18(23-17)25-6-9-34-10-7-25)20-14-11-12(36(31,32)33)1-2-13(14)15(27)28/h1-2,11,19,26H,3-10H2,(H,27,28)(H,29,30)(H,31,32,33)(H,20,21,22,23)/p-1. The van der Waals surface area contributed by atoms with Gasteiger partial charge in [0.15, 0.2) is 0 Å². The first-order valence-electron chi connectivity index (χ1n) is 10.5. The minimum atomic E-state index is -4.63. The lowest BCUT2D eigenvalue weighted by Gasteiger charge is -2.29. The number of aliphatic hydroxyl groups excluding tert-OH is 1. The molecular formula is C18H24N7O9S2-. The smallest absolute Gasteiger partial charge is 0.337 e. The molecule has 0 bridgehead atoms. The van der Waals surface area contributed by atoms with Gasteiger partial charge in [0.05, 0.1) is 36.0 Å². The molecule has 1 aliphatic heterocycles. The molecule has 198 valence electrons. The first-order chi connectivity index (χ1) is 17.1. The predicted octanol–water partition coefficient (Wildman–Crippen LogP) is -1.42. The summed E-state index contributed by atoms with van der Waals surface area (Å²) in [6, 6.07) is 2.87. The summed E-state index contributed by atoms with van der Waals surface area (Å²) in [5, 5.41) is 21.7. The van der Waals surface area contributed by atoms with E-state index in [4.69, 9.17) is 4.74 Å². The molecule has 18 heteroatoms. The van der Waals surface area contributed by atoms with E-state index in [9.17, 15) is 36.7 Å². The van der Waals surface area contributed by atoms with E-state index < -0.39 is 32.2 Å². The van der Waals surface area contributed by atoms with E-state index in [1.165, 1.54) is 4.90 Å². The lowest BCUT2D eigenvalue weighted by atomic mass is 10.2. The molecule has 0 amide bonds. The lowest BCUT2D eigenvalue weighted by Crippen LogP contribution is -2.39. The van der Waals surface area contributed by atoms with Gasteiger partial charge in [0.1, 0.15) is 0 Å². The summed E-state index contributed by atoms with van der Waals surface area (Å²) >= 11 is -2.50. The van der Waals surface area contributed by atoms with Gasteiger partial charge in [0.25, 0.3) is 10.1 Å². The Labute approximate surface area is 208 Å². The van der Waals surface area contributed by atoms with Crippen LogP contribution in [0.3, 0.4) is 0 Å². The topological polar surface area (TPSA) is 230 Å². The minimum absolute atomic E-state index is 0.0169. The Hall–Kier alpha value is -3.00. The van der Waals surface area contributed by atoms with Crippen LogP contribution in [0.4, 0.5) is 23.5 Å². The maximum atomic E-state index is 11.7. The van der Waals surface area contributed by atoms with Crippen LogP contribution in [0.2, 0.25) is 0 Å². The number of carboxylic acids is 1. The number of rotatable bonds is 12. The third-order valence-electron chi connectivity index (χ3n) is 4.93. The largest absolute Gasteiger partial charge is 0.760 e. The summed E-state index contributed by atoms with van der Waals surface area (Å²) in [7, 11) is -4.63. The highest BCUT2D eigenvalue weighted by Crippen LogP contribution is 2.25. The van der Waals surface area contributed by atoms with Gasteiger partial charge >= 0.3 is 5.97 Å². The number of hydrogen-bond acceptors (Lipinski definition) is 13. The number of carbonyl (C=O) groups is 1. The molecule has 5 N–H and O–H groups in total. The van der Waals surface area contributed by atoms with Crippen molar-refractivity contribution < 1.29 is 41.5 Å². The molecular weight excluding hydrogens is 522 g/mol.